The van der Waals surface area contributed by atoms with Gasteiger partial charge in [0.15, 0.2) is 11.6 Å². The van der Waals surface area contributed by atoms with Crippen molar-refractivity contribution in [2.75, 3.05) is 0 Å². The Kier molecular flexibility index (Phi) is 3.40. The first kappa shape index (κ1) is 12.3. The van der Waals surface area contributed by atoms with Crippen LogP contribution in [0.5, 0.6) is 0 Å². The molecule has 0 amide bonds. The van der Waals surface area contributed by atoms with E-state index in [4.69, 9.17) is 11.0 Å². The molecule has 0 spiro atoms. The topological polar surface area (TPSA) is 49.8 Å². The molecule has 90 valence electrons. The molecule has 0 radical (unpaired) electrons. The van der Waals surface area contributed by atoms with E-state index >= 15 is 0 Å². The van der Waals surface area contributed by atoms with E-state index in [1.54, 1.807) is 17.5 Å². The van der Waals surface area contributed by atoms with Gasteiger partial charge < -0.3 is 5.73 Å². The van der Waals surface area contributed by atoms with E-state index in [0.717, 1.165) is 6.07 Å². The first-order valence-corrected chi connectivity index (χ1v) is 5.91. The van der Waals surface area contributed by atoms with Gasteiger partial charge in [-0.3, -0.25) is 0 Å². The summed E-state index contributed by atoms with van der Waals surface area (Å²) >= 11 is 1.31. The second-order valence-electron chi connectivity index (χ2n) is 3.48. The molecule has 0 aliphatic carbocycles. The number of nitrogens with zero attached hydrogens (tertiary/aromatic N) is 1. The highest BCUT2D eigenvalue weighted by Crippen LogP contribution is 2.27. The summed E-state index contributed by atoms with van der Waals surface area (Å²) in [5, 5.41) is 10.9. The molecule has 0 saturated heterocycles. The van der Waals surface area contributed by atoms with E-state index in [2.05, 4.69) is 0 Å². The predicted molar refractivity (Wildman–Crippen MR) is 67.3 cm³/mol. The van der Waals surface area contributed by atoms with Crippen molar-refractivity contribution in [1.29, 1.82) is 5.26 Å². The van der Waals surface area contributed by atoms with Crippen molar-refractivity contribution in [2.24, 2.45) is 5.73 Å². The van der Waals surface area contributed by atoms with Crippen LogP contribution in [0.4, 0.5) is 8.78 Å². The molecule has 2 rings (SSSR count). The molecule has 1 aromatic carbocycles. The van der Waals surface area contributed by atoms with Gasteiger partial charge in [0, 0.05) is 10.4 Å². The first-order valence-electron chi connectivity index (χ1n) is 5.03. The van der Waals surface area contributed by atoms with E-state index in [0.29, 0.717) is 4.88 Å². The molecule has 1 aromatic heterocycles. The van der Waals surface area contributed by atoms with Gasteiger partial charge >= 0.3 is 0 Å². The van der Waals surface area contributed by atoms with E-state index in [1.165, 1.54) is 23.5 Å². The number of hydrogen-bond donors (Lipinski definition) is 1. The summed E-state index contributed by atoms with van der Waals surface area (Å²) in [4.78, 5) is 0.624. The largest absolute Gasteiger partial charge is 0.397 e. The Balaban J connectivity index is 2.62. The highest BCUT2D eigenvalue weighted by atomic mass is 32.1. The molecule has 0 bridgehead atoms. The zero-order valence-corrected chi connectivity index (χ0v) is 9.97. The van der Waals surface area contributed by atoms with Gasteiger partial charge in [-0.05, 0) is 23.6 Å². The van der Waals surface area contributed by atoms with Crippen LogP contribution in [0, 0.1) is 23.0 Å². The lowest BCUT2D eigenvalue weighted by Crippen LogP contribution is -2.03. The Bertz CT molecular complexity index is 640. The Labute approximate surface area is 107 Å². The van der Waals surface area contributed by atoms with Crippen molar-refractivity contribution in [3.63, 3.8) is 0 Å². The molecule has 0 aliphatic heterocycles. The van der Waals surface area contributed by atoms with Crippen molar-refractivity contribution in [3.8, 4) is 6.07 Å². The molecule has 1 heterocycles. The third-order valence-corrected chi connectivity index (χ3v) is 3.28. The zero-order chi connectivity index (χ0) is 13.1. The van der Waals surface area contributed by atoms with Gasteiger partial charge in [0.05, 0.1) is 11.3 Å². The van der Waals surface area contributed by atoms with Crippen LogP contribution in [0.25, 0.3) is 11.3 Å². The van der Waals surface area contributed by atoms with Gasteiger partial charge in [0.25, 0.3) is 0 Å². The Morgan fingerprint density at radius 1 is 1.22 bits per heavy atom. The summed E-state index contributed by atoms with van der Waals surface area (Å²) in [6.07, 6.45) is 0. The minimum atomic E-state index is -1.04. The number of benzene rings is 1. The van der Waals surface area contributed by atoms with E-state index in [1.807, 2.05) is 6.07 Å². The van der Waals surface area contributed by atoms with Crippen LogP contribution in [0.15, 0.2) is 35.7 Å². The lowest BCUT2D eigenvalue weighted by molar-refractivity contribution is 0.506. The first-order chi connectivity index (χ1) is 8.65. The molecule has 5 heteroatoms. The third kappa shape index (κ3) is 2.11. The van der Waals surface area contributed by atoms with Crippen molar-refractivity contribution in [3.05, 3.63) is 57.8 Å². The second kappa shape index (κ2) is 4.98. The fourth-order valence-corrected chi connectivity index (χ4v) is 2.25. The molecule has 0 unspecified atom stereocenters. The Morgan fingerprint density at radius 3 is 2.61 bits per heavy atom. The molecule has 0 atom stereocenters. The normalized spacial score (nSPS) is 11.8. The van der Waals surface area contributed by atoms with Gasteiger partial charge in [-0.1, -0.05) is 12.1 Å². The lowest BCUT2D eigenvalue weighted by Gasteiger charge is -2.06. The number of nitrogens with two attached hydrogens (primary N) is 1. The molecule has 2 nitrogen and oxygen atoms in total. The quantitative estimate of drug-likeness (QED) is 0.843. The minimum absolute atomic E-state index is 0.0584. The molecular weight excluding hydrogens is 254 g/mol. The van der Waals surface area contributed by atoms with E-state index in [9.17, 15) is 8.78 Å². The smallest absolute Gasteiger partial charge is 0.168 e. The summed E-state index contributed by atoms with van der Waals surface area (Å²) in [6.45, 7) is 0. The number of halogens is 2. The maximum Gasteiger partial charge on any atom is 0.168 e. The average molecular weight is 262 g/mol. The van der Waals surface area contributed by atoms with Crippen molar-refractivity contribution < 1.29 is 8.78 Å². The number of nitriles is 1. The lowest BCUT2D eigenvalue weighted by atomic mass is 10.1. The summed E-state index contributed by atoms with van der Waals surface area (Å²) in [5.74, 6) is -2.03. The molecule has 18 heavy (non-hydrogen) atoms. The van der Waals surface area contributed by atoms with Crippen LogP contribution in [-0.4, -0.2) is 0 Å². The SMILES string of the molecule is N#C/C(=C(/N)c1cccc(F)c1F)c1cccs1. The van der Waals surface area contributed by atoms with Crippen LogP contribution < -0.4 is 5.73 Å². The van der Waals surface area contributed by atoms with Crippen LogP contribution in [0.1, 0.15) is 10.4 Å². The highest BCUT2D eigenvalue weighted by Gasteiger charge is 2.15. The maximum absolute atomic E-state index is 13.6. The van der Waals surface area contributed by atoms with E-state index < -0.39 is 11.6 Å². The molecule has 2 N–H and O–H groups in total. The maximum atomic E-state index is 13.6. The molecule has 0 saturated carbocycles. The zero-order valence-electron chi connectivity index (χ0n) is 9.15. The summed E-state index contributed by atoms with van der Waals surface area (Å²) in [6, 6.07) is 9.08. The summed E-state index contributed by atoms with van der Waals surface area (Å²) < 4.78 is 26.7. The molecular formula is C13H8F2N2S. The monoisotopic (exact) mass is 262 g/mol. The van der Waals surface area contributed by atoms with Crippen LogP contribution >= 0.6 is 11.3 Å². The Hall–Kier alpha value is -2.19. The third-order valence-electron chi connectivity index (χ3n) is 2.39. The fraction of sp³-hybridized carbons (Fsp3) is 0. The molecule has 0 aliphatic rings. The number of thiophene rings is 1. The Morgan fingerprint density at radius 2 is 2.00 bits per heavy atom. The predicted octanol–water partition coefficient (Wildman–Crippen LogP) is 3.38. The van der Waals surface area contributed by atoms with Gasteiger partial charge in [-0.2, -0.15) is 5.26 Å². The van der Waals surface area contributed by atoms with Gasteiger partial charge in [-0.15, -0.1) is 11.3 Å². The van der Waals surface area contributed by atoms with Gasteiger partial charge in [-0.25, -0.2) is 8.78 Å². The minimum Gasteiger partial charge on any atom is -0.397 e. The highest BCUT2D eigenvalue weighted by molar-refractivity contribution is 7.11. The fourth-order valence-electron chi connectivity index (χ4n) is 1.52. The number of allylic oxidation sites excluding steroid dienone is 1. The second-order valence-corrected chi connectivity index (χ2v) is 4.43. The van der Waals surface area contributed by atoms with Gasteiger partial charge in [0.2, 0.25) is 0 Å². The van der Waals surface area contributed by atoms with Crippen LogP contribution in [0.3, 0.4) is 0 Å². The van der Waals surface area contributed by atoms with Gasteiger partial charge in [0.1, 0.15) is 6.07 Å². The van der Waals surface area contributed by atoms with E-state index in [-0.39, 0.29) is 16.8 Å². The molecule has 2 aromatic rings. The number of rotatable bonds is 2. The summed E-state index contributed by atoms with van der Waals surface area (Å²) in [5.41, 5.74) is 5.76. The van der Waals surface area contributed by atoms with Crippen LogP contribution in [-0.2, 0) is 0 Å². The molecule has 0 fully saturated rings. The van der Waals surface area contributed by atoms with Crippen LogP contribution in [0.2, 0.25) is 0 Å². The average Bonchev–Trinajstić information content (AvgIpc) is 2.87. The van der Waals surface area contributed by atoms with Crippen molar-refractivity contribution in [1.82, 2.24) is 0 Å². The van der Waals surface area contributed by atoms with Crippen molar-refractivity contribution in [2.45, 2.75) is 0 Å². The van der Waals surface area contributed by atoms with Crippen molar-refractivity contribution >= 4 is 22.6 Å². The summed E-state index contributed by atoms with van der Waals surface area (Å²) in [7, 11) is 0. The standard InChI is InChI=1S/C13H8F2N2S/c14-10-4-1-3-8(12(10)15)13(17)9(7-16)11-5-2-6-18-11/h1-6H,17H2/b13-9-. The number of hydrogen-bond acceptors (Lipinski definition) is 3.